The zero-order chi connectivity index (χ0) is 22.4. The second-order valence-electron chi connectivity index (χ2n) is 6.75. The average Bonchev–Trinajstić information content (AvgIpc) is 2.67. The molecule has 1 aliphatic rings. The number of carbonyl (C=O) groups is 1. The molecule has 0 amide bonds. The van der Waals surface area contributed by atoms with E-state index in [0.29, 0.717) is 24.2 Å². The Morgan fingerprint density at radius 3 is 2.60 bits per heavy atom. The van der Waals surface area contributed by atoms with Gasteiger partial charge in [-0.15, -0.1) is 0 Å². The Hall–Kier alpha value is -2.69. The van der Waals surface area contributed by atoms with E-state index in [4.69, 9.17) is 20.4 Å². The summed E-state index contributed by atoms with van der Waals surface area (Å²) in [7, 11) is 0. The van der Waals surface area contributed by atoms with Gasteiger partial charge in [-0.25, -0.2) is 4.39 Å². The first kappa shape index (κ1) is 23.6. The van der Waals surface area contributed by atoms with Crippen LogP contribution in [0.3, 0.4) is 0 Å². The standard InChI is InChI=1S/C19H20F4N2O2.CH2O2/c1-18(10-25-9-17(24)27-18)14-4-2-3-12(7-14)13-5-6-15(20)16(8-13)26-11-19(21,22)23;2-1-3/h2-8,17,25H,9-11,24H2,1H3;1H,(H,2,3). The van der Waals surface area contributed by atoms with Gasteiger partial charge in [0.05, 0.1) is 0 Å². The number of nitrogens with one attached hydrogen (secondary N) is 1. The highest BCUT2D eigenvalue weighted by Crippen LogP contribution is 2.33. The molecule has 0 saturated carbocycles. The van der Waals surface area contributed by atoms with Crippen LogP contribution in [0.4, 0.5) is 17.6 Å². The summed E-state index contributed by atoms with van der Waals surface area (Å²) in [4.78, 5) is 8.36. The van der Waals surface area contributed by atoms with Crippen molar-refractivity contribution in [2.45, 2.75) is 24.9 Å². The summed E-state index contributed by atoms with van der Waals surface area (Å²) in [6, 6.07) is 11.2. The minimum Gasteiger partial charge on any atom is -0.483 e. The predicted octanol–water partition coefficient (Wildman–Crippen LogP) is 3.25. The van der Waals surface area contributed by atoms with Crippen LogP contribution < -0.4 is 15.8 Å². The van der Waals surface area contributed by atoms with E-state index in [1.54, 1.807) is 12.1 Å². The van der Waals surface area contributed by atoms with Gasteiger partial charge in [-0.2, -0.15) is 13.2 Å². The number of nitrogens with two attached hydrogens (primary N) is 1. The van der Waals surface area contributed by atoms with Gasteiger partial charge in [-0.3, -0.25) is 4.79 Å². The molecule has 10 heteroatoms. The van der Waals surface area contributed by atoms with Gasteiger partial charge >= 0.3 is 6.18 Å². The second kappa shape index (κ2) is 9.88. The summed E-state index contributed by atoms with van der Waals surface area (Å²) in [6.07, 6.45) is -4.98. The minimum atomic E-state index is -4.54. The molecule has 2 aromatic rings. The molecule has 0 aliphatic carbocycles. The first-order chi connectivity index (χ1) is 14.1. The summed E-state index contributed by atoms with van der Waals surface area (Å²) in [6.45, 7) is 1.21. The maximum Gasteiger partial charge on any atom is 0.422 e. The first-order valence-corrected chi connectivity index (χ1v) is 8.90. The number of hydrogen-bond acceptors (Lipinski definition) is 5. The fourth-order valence-electron chi connectivity index (χ4n) is 3.02. The van der Waals surface area contributed by atoms with E-state index < -0.39 is 36.2 Å². The van der Waals surface area contributed by atoms with E-state index >= 15 is 0 Å². The van der Waals surface area contributed by atoms with Crippen molar-refractivity contribution in [3.8, 4) is 16.9 Å². The molecule has 0 aromatic heterocycles. The summed E-state index contributed by atoms with van der Waals surface area (Å²) >= 11 is 0. The number of morpholine rings is 1. The first-order valence-electron chi connectivity index (χ1n) is 8.90. The van der Waals surface area contributed by atoms with Crippen LogP contribution >= 0.6 is 0 Å². The Bertz CT molecular complexity index is 863. The van der Waals surface area contributed by atoms with Gasteiger partial charge < -0.3 is 25.6 Å². The van der Waals surface area contributed by atoms with E-state index in [9.17, 15) is 17.6 Å². The second-order valence-corrected chi connectivity index (χ2v) is 6.75. The number of carboxylic acid groups (broad SMARTS) is 1. The molecule has 1 fully saturated rings. The van der Waals surface area contributed by atoms with Gasteiger partial charge in [0, 0.05) is 13.1 Å². The molecule has 0 radical (unpaired) electrons. The minimum absolute atomic E-state index is 0.250. The summed E-state index contributed by atoms with van der Waals surface area (Å²) in [5, 5.41) is 10.1. The van der Waals surface area contributed by atoms with E-state index in [1.807, 2.05) is 19.1 Å². The van der Waals surface area contributed by atoms with Crippen molar-refractivity contribution in [2.75, 3.05) is 19.7 Å². The normalized spacial score (nSPS) is 21.3. The fourth-order valence-corrected chi connectivity index (χ4v) is 3.02. The maximum atomic E-state index is 13.8. The molecule has 0 spiro atoms. The lowest BCUT2D eigenvalue weighted by atomic mass is 9.91. The Labute approximate surface area is 170 Å². The Kier molecular flexibility index (Phi) is 7.77. The van der Waals surface area contributed by atoms with Crippen LogP contribution in [0.15, 0.2) is 42.5 Å². The van der Waals surface area contributed by atoms with Gasteiger partial charge in [0.2, 0.25) is 0 Å². The Morgan fingerprint density at radius 2 is 1.97 bits per heavy atom. The van der Waals surface area contributed by atoms with E-state index in [2.05, 4.69) is 10.1 Å². The molecule has 1 aliphatic heterocycles. The van der Waals surface area contributed by atoms with E-state index in [0.717, 1.165) is 11.6 Å². The van der Waals surface area contributed by atoms with Crippen molar-refractivity contribution >= 4 is 6.47 Å². The number of alkyl halides is 3. The summed E-state index contributed by atoms with van der Waals surface area (Å²) in [5.41, 5.74) is 7.31. The molecule has 2 unspecified atom stereocenters. The fraction of sp³-hybridized carbons (Fsp3) is 0.350. The van der Waals surface area contributed by atoms with Crippen LogP contribution in [-0.2, 0) is 15.1 Å². The quantitative estimate of drug-likeness (QED) is 0.509. The van der Waals surface area contributed by atoms with Crippen LogP contribution in [0.1, 0.15) is 12.5 Å². The van der Waals surface area contributed by atoms with Crippen molar-refractivity contribution in [3.63, 3.8) is 0 Å². The van der Waals surface area contributed by atoms with Gasteiger partial charge in [0.25, 0.3) is 6.47 Å². The van der Waals surface area contributed by atoms with Crippen LogP contribution in [-0.4, -0.2) is 43.7 Å². The van der Waals surface area contributed by atoms with E-state index in [1.165, 1.54) is 12.1 Å². The summed E-state index contributed by atoms with van der Waals surface area (Å²) in [5.74, 6) is -1.30. The van der Waals surface area contributed by atoms with Crippen molar-refractivity contribution in [2.24, 2.45) is 5.73 Å². The predicted molar refractivity (Wildman–Crippen MR) is 101 cm³/mol. The molecule has 1 heterocycles. The zero-order valence-corrected chi connectivity index (χ0v) is 16.1. The number of rotatable bonds is 4. The lowest BCUT2D eigenvalue weighted by Crippen LogP contribution is -2.53. The van der Waals surface area contributed by atoms with Crippen LogP contribution in [0.5, 0.6) is 5.75 Å². The lowest BCUT2D eigenvalue weighted by molar-refractivity contribution is -0.153. The molecule has 4 N–H and O–H groups in total. The third-order valence-corrected chi connectivity index (χ3v) is 4.35. The van der Waals surface area contributed by atoms with Crippen molar-refractivity contribution < 1.29 is 36.9 Å². The van der Waals surface area contributed by atoms with Crippen LogP contribution in [0, 0.1) is 5.82 Å². The van der Waals surface area contributed by atoms with E-state index in [-0.39, 0.29) is 6.47 Å². The van der Waals surface area contributed by atoms with Crippen molar-refractivity contribution in [1.82, 2.24) is 5.32 Å². The average molecular weight is 430 g/mol. The molecular formula is C20H22F4N2O4. The smallest absolute Gasteiger partial charge is 0.422 e. The third kappa shape index (κ3) is 6.41. The molecule has 30 heavy (non-hydrogen) atoms. The monoisotopic (exact) mass is 430 g/mol. The summed E-state index contributed by atoms with van der Waals surface area (Å²) < 4.78 is 61.3. The van der Waals surface area contributed by atoms with Crippen LogP contribution in [0.2, 0.25) is 0 Å². The molecule has 2 aromatic carbocycles. The van der Waals surface area contributed by atoms with Crippen molar-refractivity contribution in [1.29, 1.82) is 0 Å². The molecule has 2 atom stereocenters. The van der Waals surface area contributed by atoms with Gasteiger partial charge in [0.15, 0.2) is 18.2 Å². The Morgan fingerprint density at radius 1 is 1.30 bits per heavy atom. The number of benzene rings is 2. The lowest BCUT2D eigenvalue weighted by Gasteiger charge is -2.38. The molecule has 1 saturated heterocycles. The molecular weight excluding hydrogens is 408 g/mol. The SMILES string of the molecule is CC1(c2cccc(-c3ccc(F)c(OCC(F)(F)F)c3)c2)CNCC(N)O1.O=CO. The molecule has 6 nitrogen and oxygen atoms in total. The maximum absolute atomic E-state index is 13.8. The van der Waals surface area contributed by atoms with Gasteiger partial charge in [-0.05, 0) is 41.8 Å². The number of hydrogen-bond donors (Lipinski definition) is 3. The number of ether oxygens (including phenoxy) is 2. The largest absolute Gasteiger partial charge is 0.483 e. The zero-order valence-electron chi connectivity index (χ0n) is 16.1. The topological polar surface area (TPSA) is 93.8 Å². The van der Waals surface area contributed by atoms with Gasteiger partial charge in [0.1, 0.15) is 11.8 Å². The highest BCUT2D eigenvalue weighted by molar-refractivity contribution is 5.66. The van der Waals surface area contributed by atoms with Crippen LogP contribution in [0.25, 0.3) is 11.1 Å². The molecule has 3 rings (SSSR count). The molecule has 0 bridgehead atoms. The third-order valence-electron chi connectivity index (χ3n) is 4.35. The van der Waals surface area contributed by atoms with Gasteiger partial charge in [-0.1, -0.05) is 24.3 Å². The highest BCUT2D eigenvalue weighted by atomic mass is 19.4. The highest BCUT2D eigenvalue weighted by Gasteiger charge is 2.33. The van der Waals surface area contributed by atoms with Crippen molar-refractivity contribution in [3.05, 3.63) is 53.8 Å². The Balaban J connectivity index is 0.00000101. The number of halogens is 4. The molecule has 164 valence electrons.